The number of carbonyl (C=O) groups is 2. The molecule has 45 heavy (non-hydrogen) atoms. The fourth-order valence-electron chi connectivity index (χ4n) is 6.75. The largest absolute Gasteiger partial charge is 0.490 e. The number of aromatic nitrogens is 1. The van der Waals surface area contributed by atoms with Gasteiger partial charge in [-0.25, -0.2) is 0 Å². The maximum atomic E-state index is 13.5. The van der Waals surface area contributed by atoms with Crippen LogP contribution >= 0.6 is 0 Å². The predicted molar refractivity (Wildman–Crippen MR) is 161 cm³/mol. The van der Waals surface area contributed by atoms with Gasteiger partial charge >= 0.3 is 6.18 Å². The Morgan fingerprint density at radius 3 is 2.16 bits per heavy atom. The molecule has 0 aliphatic carbocycles. The summed E-state index contributed by atoms with van der Waals surface area (Å²) < 4.78 is 44.9. The molecule has 3 aromatic carbocycles. The highest BCUT2D eigenvalue weighted by molar-refractivity contribution is 5.99. The zero-order chi connectivity index (χ0) is 31.3. The van der Waals surface area contributed by atoms with Crippen LogP contribution in [0.25, 0.3) is 10.9 Å². The lowest BCUT2D eigenvalue weighted by Crippen LogP contribution is -2.50. The summed E-state index contributed by atoms with van der Waals surface area (Å²) in [4.78, 5) is 35.6. The number of nitriles is 1. The molecule has 0 spiro atoms. The Morgan fingerprint density at radius 2 is 1.53 bits per heavy atom. The number of hydrogen-bond donors (Lipinski definition) is 1. The first-order valence-electron chi connectivity index (χ1n) is 15.0. The maximum absolute atomic E-state index is 13.5. The molecule has 3 saturated heterocycles. The molecule has 4 heterocycles. The molecule has 8 nitrogen and oxygen atoms in total. The number of ether oxygens (including phenoxy) is 1. The molecule has 7 rings (SSSR count). The third kappa shape index (κ3) is 5.57. The number of alkyl halides is 3. The van der Waals surface area contributed by atoms with Crippen molar-refractivity contribution in [1.82, 2.24) is 14.8 Å². The van der Waals surface area contributed by atoms with Gasteiger partial charge in [0.25, 0.3) is 11.8 Å². The molecule has 0 radical (unpaired) electrons. The Hall–Kier alpha value is -4.98. The summed E-state index contributed by atoms with van der Waals surface area (Å²) >= 11 is 0. The lowest BCUT2D eigenvalue weighted by molar-refractivity contribution is -0.137. The summed E-state index contributed by atoms with van der Waals surface area (Å²) in [6.45, 7) is 2.30. The molecule has 2 bridgehead atoms. The molecule has 2 amide bonds. The van der Waals surface area contributed by atoms with Crippen LogP contribution in [-0.4, -0.2) is 71.0 Å². The summed E-state index contributed by atoms with van der Waals surface area (Å²) in [6, 6.07) is 21.4. The Balaban J connectivity index is 0.950. The van der Waals surface area contributed by atoms with E-state index >= 15 is 0 Å². The number of rotatable bonds is 5. The van der Waals surface area contributed by atoms with Crippen LogP contribution in [0.1, 0.15) is 51.2 Å². The summed E-state index contributed by atoms with van der Waals surface area (Å²) in [5.74, 6) is 0.512. The van der Waals surface area contributed by atoms with E-state index in [1.165, 1.54) is 12.1 Å². The number of piperazine rings is 1. The van der Waals surface area contributed by atoms with E-state index in [9.17, 15) is 22.8 Å². The second-order valence-electron chi connectivity index (χ2n) is 11.9. The summed E-state index contributed by atoms with van der Waals surface area (Å²) in [5, 5.41) is 9.91. The first-order valence-corrected chi connectivity index (χ1v) is 15.0. The maximum Gasteiger partial charge on any atom is 0.416 e. The number of amides is 2. The number of aromatic amines is 1. The Kier molecular flexibility index (Phi) is 7.15. The number of fused-ring (bicyclic) bond motifs is 3. The van der Waals surface area contributed by atoms with Gasteiger partial charge in [-0.05, 0) is 73.2 Å². The monoisotopic (exact) mass is 613 g/mol. The number of carbonyl (C=O) groups excluding carboxylic acids is 2. The van der Waals surface area contributed by atoms with Crippen molar-refractivity contribution in [1.29, 1.82) is 5.26 Å². The number of anilines is 1. The standard InChI is InChI=1S/C34H30F3N5O3/c35-34(36,37)24-6-8-25(9-7-24)40-13-11-28(12-14-40)45-29-10-5-23-15-31(39-30(23)17-29)33(44)42-20-26-16-27(42)19-41(26)32(43)22-3-1-21(18-38)2-4-22/h1-10,15,17,26-28,39H,11-14,16,19-20H2. The zero-order valence-electron chi connectivity index (χ0n) is 24.3. The third-order valence-corrected chi connectivity index (χ3v) is 9.15. The van der Waals surface area contributed by atoms with E-state index in [4.69, 9.17) is 10.00 Å². The Morgan fingerprint density at radius 1 is 0.867 bits per heavy atom. The fourth-order valence-corrected chi connectivity index (χ4v) is 6.75. The first-order chi connectivity index (χ1) is 21.7. The predicted octanol–water partition coefficient (Wildman–Crippen LogP) is 5.85. The molecular formula is C34H30F3N5O3. The highest BCUT2D eigenvalue weighted by atomic mass is 19.4. The number of nitrogens with one attached hydrogen (secondary N) is 1. The average molecular weight is 614 g/mol. The fraction of sp³-hybridized carbons (Fsp3) is 0.324. The van der Waals surface area contributed by atoms with Crippen molar-refractivity contribution >= 4 is 28.4 Å². The minimum atomic E-state index is -4.35. The highest BCUT2D eigenvalue weighted by Crippen LogP contribution is 2.34. The first kappa shape index (κ1) is 28.8. The normalized spacial score (nSPS) is 20.1. The van der Waals surface area contributed by atoms with Crippen LogP contribution in [0.15, 0.2) is 72.8 Å². The molecule has 2 unspecified atom stereocenters. The van der Waals surface area contributed by atoms with Crippen molar-refractivity contribution in [3.8, 4) is 11.8 Å². The number of H-pyrrole nitrogens is 1. The van der Waals surface area contributed by atoms with Crippen LogP contribution in [0, 0.1) is 11.3 Å². The average Bonchev–Trinajstić information content (AvgIpc) is 3.79. The van der Waals surface area contributed by atoms with Crippen molar-refractivity contribution in [2.24, 2.45) is 0 Å². The summed E-state index contributed by atoms with van der Waals surface area (Å²) in [5.41, 5.74) is 2.44. The van der Waals surface area contributed by atoms with Crippen molar-refractivity contribution in [2.45, 2.75) is 43.6 Å². The van der Waals surface area contributed by atoms with Gasteiger partial charge in [0.1, 0.15) is 17.5 Å². The topological polar surface area (TPSA) is 92.7 Å². The van der Waals surface area contributed by atoms with Gasteiger partial charge in [0, 0.05) is 67.2 Å². The van der Waals surface area contributed by atoms with Gasteiger partial charge in [-0.15, -0.1) is 0 Å². The van der Waals surface area contributed by atoms with E-state index in [0.29, 0.717) is 48.7 Å². The van der Waals surface area contributed by atoms with Gasteiger partial charge in [-0.3, -0.25) is 9.59 Å². The second-order valence-corrected chi connectivity index (χ2v) is 11.9. The van der Waals surface area contributed by atoms with Gasteiger partial charge < -0.3 is 24.4 Å². The second kappa shape index (κ2) is 11.2. The number of piperidine rings is 1. The highest BCUT2D eigenvalue weighted by Gasteiger charge is 2.47. The molecule has 4 aromatic rings. The molecule has 2 atom stereocenters. The Bertz CT molecular complexity index is 1790. The molecule has 1 aromatic heterocycles. The van der Waals surface area contributed by atoms with Gasteiger partial charge in [0.15, 0.2) is 0 Å². The lowest BCUT2D eigenvalue weighted by Gasteiger charge is -2.34. The molecule has 11 heteroatoms. The van der Waals surface area contributed by atoms with E-state index < -0.39 is 11.7 Å². The smallest absolute Gasteiger partial charge is 0.416 e. The number of likely N-dealkylation sites (tertiary alicyclic amines) is 2. The lowest BCUT2D eigenvalue weighted by atomic mass is 10.1. The SMILES string of the molecule is N#Cc1ccc(C(=O)N2CC3CC2CN3C(=O)c2cc3ccc(OC4CCN(c5ccc(C(F)(F)F)cc5)CC4)cc3[nH]2)cc1. The number of halogens is 3. The molecule has 3 aliphatic rings. The molecule has 0 saturated carbocycles. The van der Waals surface area contributed by atoms with Crippen molar-refractivity contribution in [2.75, 3.05) is 31.1 Å². The van der Waals surface area contributed by atoms with Crippen molar-refractivity contribution in [3.63, 3.8) is 0 Å². The quantitative estimate of drug-likeness (QED) is 0.305. The number of nitrogens with zero attached hydrogens (tertiary/aromatic N) is 4. The minimum absolute atomic E-state index is 0.0284. The molecule has 230 valence electrons. The van der Waals surface area contributed by atoms with Crippen LogP contribution < -0.4 is 9.64 Å². The number of hydrogen-bond acceptors (Lipinski definition) is 5. The van der Waals surface area contributed by atoms with Crippen molar-refractivity contribution < 1.29 is 27.5 Å². The summed E-state index contributed by atoms with van der Waals surface area (Å²) in [6.07, 6.45) is -2.17. The Labute approximate surface area is 257 Å². The molecule has 3 fully saturated rings. The van der Waals surface area contributed by atoms with E-state index in [1.807, 2.05) is 34.1 Å². The van der Waals surface area contributed by atoms with Crippen LogP contribution in [-0.2, 0) is 6.18 Å². The summed E-state index contributed by atoms with van der Waals surface area (Å²) in [7, 11) is 0. The van der Waals surface area contributed by atoms with Gasteiger partial charge in [0.05, 0.1) is 29.3 Å². The van der Waals surface area contributed by atoms with Crippen LogP contribution in [0.2, 0.25) is 0 Å². The van der Waals surface area contributed by atoms with Crippen molar-refractivity contribution in [3.05, 3.63) is 95.2 Å². The van der Waals surface area contributed by atoms with E-state index in [0.717, 1.165) is 48.0 Å². The van der Waals surface area contributed by atoms with E-state index in [-0.39, 0.29) is 30.0 Å². The van der Waals surface area contributed by atoms with Crippen LogP contribution in [0.5, 0.6) is 5.75 Å². The third-order valence-electron chi connectivity index (χ3n) is 9.15. The zero-order valence-corrected chi connectivity index (χ0v) is 24.3. The molecule has 1 N–H and O–H groups in total. The van der Waals surface area contributed by atoms with Crippen LogP contribution in [0.3, 0.4) is 0 Å². The number of benzene rings is 3. The van der Waals surface area contributed by atoms with Gasteiger partial charge in [-0.1, -0.05) is 0 Å². The molecular weight excluding hydrogens is 583 g/mol. The minimum Gasteiger partial charge on any atom is -0.490 e. The van der Waals surface area contributed by atoms with Gasteiger partial charge in [-0.2, -0.15) is 18.4 Å². The van der Waals surface area contributed by atoms with E-state index in [1.54, 1.807) is 24.3 Å². The van der Waals surface area contributed by atoms with Crippen LogP contribution in [0.4, 0.5) is 18.9 Å². The molecule has 3 aliphatic heterocycles. The van der Waals surface area contributed by atoms with Gasteiger partial charge in [0.2, 0.25) is 0 Å². The van der Waals surface area contributed by atoms with E-state index in [2.05, 4.69) is 16.0 Å².